The van der Waals surface area contributed by atoms with Crippen LogP contribution >= 0.6 is 0 Å². The normalized spacial score (nSPS) is 18.3. The summed E-state index contributed by atoms with van der Waals surface area (Å²) in [6, 6.07) is 5.32. The predicted octanol–water partition coefficient (Wildman–Crippen LogP) is 1.68. The van der Waals surface area contributed by atoms with E-state index in [1.807, 2.05) is 11.0 Å². The third kappa shape index (κ3) is 1.88. The summed E-state index contributed by atoms with van der Waals surface area (Å²) in [6.45, 7) is 1.21. The highest BCUT2D eigenvalue weighted by molar-refractivity contribution is 5.90. The Kier molecular flexibility index (Phi) is 2.58. The Hall–Kier alpha value is -1.84. The zero-order valence-electron chi connectivity index (χ0n) is 10.1. The highest BCUT2D eigenvalue weighted by Gasteiger charge is 2.35. The molecule has 1 heterocycles. The molecule has 0 spiro atoms. The Bertz CT molecular complexity index is 520. The van der Waals surface area contributed by atoms with Crippen LogP contribution in [0.25, 0.3) is 0 Å². The molecule has 1 fully saturated rings. The summed E-state index contributed by atoms with van der Waals surface area (Å²) in [5.41, 5.74) is 2.26. The molecule has 0 atom stereocenters. The van der Waals surface area contributed by atoms with Crippen molar-refractivity contribution in [3.05, 3.63) is 34.9 Å². The van der Waals surface area contributed by atoms with Gasteiger partial charge in [0.05, 0.1) is 5.56 Å². The molecule has 4 heteroatoms. The van der Waals surface area contributed by atoms with E-state index in [9.17, 15) is 9.59 Å². The molecule has 94 valence electrons. The van der Waals surface area contributed by atoms with Crippen molar-refractivity contribution in [3.8, 4) is 0 Å². The van der Waals surface area contributed by atoms with Gasteiger partial charge in [-0.1, -0.05) is 12.1 Å². The van der Waals surface area contributed by atoms with E-state index in [1.54, 1.807) is 12.1 Å². The van der Waals surface area contributed by atoms with Gasteiger partial charge in [0.25, 0.3) is 0 Å². The van der Waals surface area contributed by atoms with Gasteiger partial charge in [0.15, 0.2) is 0 Å². The summed E-state index contributed by atoms with van der Waals surface area (Å²) < 4.78 is 0. The number of rotatable bonds is 2. The molecule has 0 bridgehead atoms. The van der Waals surface area contributed by atoms with Crippen molar-refractivity contribution in [1.82, 2.24) is 4.90 Å². The molecule has 2 aliphatic rings. The quantitative estimate of drug-likeness (QED) is 0.862. The van der Waals surface area contributed by atoms with Crippen LogP contribution in [0.1, 0.15) is 34.3 Å². The third-order valence-corrected chi connectivity index (χ3v) is 3.73. The molecule has 1 N–H and O–H groups in total. The molecule has 1 aliphatic carbocycles. The molecular weight excluding hydrogens is 230 g/mol. The minimum absolute atomic E-state index is 0.231. The molecule has 1 aromatic rings. The van der Waals surface area contributed by atoms with Crippen molar-refractivity contribution in [3.63, 3.8) is 0 Å². The Labute approximate surface area is 105 Å². The number of carbonyl (C=O) groups is 2. The first-order valence-electron chi connectivity index (χ1n) is 6.29. The van der Waals surface area contributed by atoms with E-state index in [2.05, 4.69) is 0 Å². The lowest BCUT2D eigenvalue weighted by atomic mass is 9.94. The SMILES string of the molecule is O=C(O)c1cccc2c1CCN(C(=O)C1CC1)C2. The molecule has 3 rings (SSSR count). The average molecular weight is 245 g/mol. The van der Waals surface area contributed by atoms with Crippen molar-refractivity contribution < 1.29 is 14.7 Å². The monoisotopic (exact) mass is 245 g/mol. The van der Waals surface area contributed by atoms with Crippen LogP contribution < -0.4 is 0 Å². The number of aromatic carboxylic acids is 1. The molecule has 0 saturated heterocycles. The zero-order valence-corrected chi connectivity index (χ0v) is 10.1. The van der Waals surface area contributed by atoms with E-state index >= 15 is 0 Å². The lowest BCUT2D eigenvalue weighted by Crippen LogP contribution is -2.37. The highest BCUT2D eigenvalue weighted by atomic mass is 16.4. The molecule has 1 aromatic carbocycles. The van der Waals surface area contributed by atoms with Crippen molar-refractivity contribution in [2.45, 2.75) is 25.8 Å². The average Bonchev–Trinajstić information content (AvgIpc) is 3.20. The van der Waals surface area contributed by atoms with E-state index in [1.165, 1.54) is 0 Å². The number of fused-ring (bicyclic) bond motifs is 1. The van der Waals surface area contributed by atoms with E-state index < -0.39 is 5.97 Å². The van der Waals surface area contributed by atoms with Gasteiger partial charge in [-0.15, -0.1) is 0 Å². The van der Waals surface area contributed by atoms with Crippen LogP contribution in [-0.4, -0.2) is 28.4 Å². The number of hydrogen-bond donors (Lipinski definition) is 1. The summed E-state index contributed by atoms with van der Waals surface area (Å²) in [5, 5.41) is 9.13. The third-order valence-electron chi connectivity index (χ3n) is 3.73. The molecule has 4 nitrogen and oxygen atoms in total. The summed E-state index contributed by atoms with van der Waals surface area (Å²) in [7, 11) is 0. The molecule has 0 aromatic heterocycles. The number of carbonyl (C=O) groups excluding carboxylic acids is 1. The van der Waals surface area contributed by atoms with Crippen LogP contribution in [0.5, 0.6) is 0 Å². The maximum Gasteiger partial charge on any atom is 0.335 e. The molecular formula is C14H15NO3. The number of nitrogens with zero attached hydrogens (tertiary/aromatic N) is 1. The van der Waals surface area contributed by atoms with E-state index in [4.69, 9.17) is 5.11 Å². The van der Waals surface area contributed by atoms with Gasteiger partial charge >= 0.3 is 5.97 Å². The zero-order chi connectivity index (χ0) is 12.7. The van der Waals surface area contributed by atoms with Crippen molar-refractivity contribution in [2.75, 3.05) is 6.54 Å². The summed E-state index contributed by atoms with van der Waals surface area (Å²) >= 11 is 0. The maximum atomic E-state index is 12.0. The van der Waals surface area contributed by atoms with Gasteiger partial charge in [-0.05, 0) is 36.5 Å². The Morgan fingerprint density at radius 1 is 1.28 bits per heavy atom. The molecule has 1 amide bonds. The van der Waals surface area contributed by atoms with Crippen molar-refractivity contribution in [1.29, 1.82) is 0 Å². The second kappa shape index (κ2) is 4.12. The number of carboxylic acids is 1. The number of benzene rings is 1. The molecule has 0 radical (unpaired) electrons. The number of amides is 1. The van der Waals surface area contributed by atoms with Gasteiger partial charge in [-0.2, -0.15) is 0 Å². The lowest BCUT2D eigenvalue weighted by molar-refractivity contribution is -0.133. The van der Waals surface area contributed by atoms with Crippen LogP contribution in [0.3, 0.4) is 0 Å². The lowest BCUT2D eigenvalue weighted by Gasteiger charge is -2.29. The fraction of sp³-hybridized carbons (Fsp3) is 0.429. The smallest absolute Gasteiger partial charge is 0.335 e. The first-order valence-corrected chi connectivity index (χ1v) is 6.29. The second-order valence-electron chi connectivity index (χ2n) is 5.03. The van der Waals surface area contributed by atoms with Crippen molar-refractivity contribution >= 4 is 11.9 Å². The Morgan fingerprint density at radius 3 is 2.72 bits per heavy atom. The van der Waals surface area contributed by atoms with Gasteiger partial charge in [-0.25, -0.2) is 4.79 Å². The van der Waals surface area contributed by atoms with Gasteiger partial charge in [-0.3, -0.25) is 4.79 Å². The molecule has 0 unspecified atom stereocenters. The van der Waals surface area contributed by atoms with Gasteiger partial charge < -0.3 is 10.0 Å². The summed E-state index contributed by atoms with van der Waals surface area (Å²) in [4.78, 5) is 25.0. The Balaban J connectivity index is 1.87. The van der Waals surface area contributed by atoms with Gasteiger partial charge in [0, 0.05) is 19.0 Å². The fourth-order valence-electron chi connectivity index (χ4n) is 2.59. The standard InChI is InChI=1S/C14H15NO3/c16-13(9-4-5-9)15-7-6-11-10(8-15)2-1-3-12(11)14(17)18/h1-3,9H,4-8H2,(H,17,18). The van der Waals surface area contributed by atoms with Gasteiger partial charge in [0.2, 0.25) is 5.91 Å². The first kappa shape index (κ1) is 11.3. The van der Waals surface area contributed by atoms with Crippen LogP contribution in [0.4, 0.5) is 0 Å². The topological polar surface area (TPSA) is 57.6 Å². The fourth-order valence-corrected chi connectivity index (χ4v) is 2.59. The molecule has 1 aliphatic heterocycles. The second-order valence-corrected chi connectivity index (χ2v) is 5.03. The van der Waals surface area contributed by atoms with Gasteiger partial charge in [0.1, 0.15) is 0 Å². The van der Waals surface area contributed by atoms with Crippen LogP contribution in [0, 0.1) is 5.92 Å². The van der Waals surface area contributed by atoms with Crippen LogP contribution in [-0.2, 0) is 17.8 Å². The minimum atomic E-state index is -0.881. The van der Waals surface area contributed by atoms with E-state index in [0.717, 1.165) is 24.0 Å². The molecule has 1 saturated carbocycles. The van der Waals surface area contributed by atoms with Crippen LogP contribution in [0.2, 0.25) is 0 Å². The summed E-state index contributed by atoms with van der Waals surface area (Å²) in [5.74, 6) is -0.413. The predicted molar refractivity (Wildman–Crippen MR) is 65.2 cm³/mol. The molecule has 18 heavy (non-hydrogen) atoms. The largest absolute Gasteiger partial charge is 0.478 e. The number of hydrogen-bond acceptors (Lipinski definition) is 2. The van der Waals surface area contributed by atoms with Crippen molar-refractivity contribution in [2.24, 2.45) is 5.92 Å². The first-order chi connectivity index (χ1) is 8.66. The minimum Gasteiger partial charge on any atom is -0.478 e. The number of carboxylic acid groups (broad SMARTS) is 1. The highest BCUT2D eigenvalue weighted by Crippen LogP contribution is 2.33. The summed E-state index contributed by atoms with van der Waals surface area (Å²) in [6.07, 6.45) is 2.67. The van der Waals surface area contributed by atoms with E-state index in [-0.39, 0.29) is 11.8 Å². The Morgan fingerprint density at radius 2 is 2.06 bits per heavy atom. The van der Waals surface area contributed by atoms with E-state index in [0.29, 0.717) is 25.1 Å². The maximum absolute atomic E-state index is 12.0. The van der Waals surface area contributed by atoms with Crippen LogP contribution in [0.15, 0.2) is 18.2 Å².